The van der Waals surface area contributed by atoms with E-state index >= 15 is 0 Å². The summed E-state index contributed by atoms with van der Waals surface area (Å²) in [5.74, 6) is -0.244. The van der Waals surface area contributed by atoms with Crippen LogP contribution in [0, 0.1) is 5.92 Å². The molecule has 19 heavy (non-hydrogen) atoms. The van der Waals surface area contributed by atoms with Gasteiger partial charge in [-0.05, 0) is 32.1 Å². The maximum atomic E-state index is 11.9. The van der Waals surface area contributed by atoms with Crippen molar-refractivity contribution in [3.8, 4) is 0 Å². The van der Waals surface area contributed by atoms with Crippen molar-refractivity contribution in [3.05, 3.63) is 0 Å². The lowest BCUT2D eigenvalue weighted by atomic mass is 9.96. The summed E-state index contributed by atoms with van der Waals surface area (Å²) in [6.07, 6.45) is 5.52. The number of urea groups is 1. The Labute approximate surface area is 115 Å². The van der Waals surface area contributed by atoms with Crippen molar-refractivity contribution in [3.63, 3.8) is 0 Å². The van der Waals surface area contributed by atoms with Gasteiger partial charge in [0, 0.05) is 6.04 Å². The molecule has 0 bridgehead atoms. The van der Waals surface area contributed by atoms with Gasteiger partial charge in [0.05, 0.1) is 0 Å². The van der Waals surface area contributed by atoms with E-state index in [1.165, 1.54) is 12.8 Å². The molecule has 5 nitrogen and oxygen atoms in total. The number of nitrogens with one attached hydrogen (secondary N) is 2. The molecule has 2 unspecified atom stereocenters. The number of carboxylic acid groups (broad SMARTS) is 1. The standard InChI is InChI=1S/C14H26N2O3/c1-4-8-14(3,12(17)18)16-13(19)15-11(5-2)9-10-6-7-10/h10-11H,4-9H2,1-3H3,(H,17,18)(H2,15,16,19). The Hall–Kier alpha value is -1.26. The summed E-state index contributed by atoms with van der Waals surface area (Å²) in [5, 5.41) is 14.7. The van der Waals surface area contributed by atoms with Gasteiger partial charge < -0.3 is 15.7 Å². The van der Waals surface area contributed by atoms with Gasteiger partial charge in [0.25, 0.3) is 0 Å². The van der Waals surface area contributed by atoms with Gasteiger partial charge in [-0.25, -0.2) is 9.59 Å². The molecule has 0 spiro atoms. The first-order chi connectivity index (χ1) is 8.91. The molecule has 0 aromatic rings. The smallest absolute Gasteiger partial charge is 0.329 e. The molecular formula is C14H26N2O3. The predicted octanol–water partition coefficient (Wildman–Crippen LogP) is 2.51. The van der Waals surface area contributed by atoms with Crippen molar-refractivity contribution < 1.29 is 14.7 Å². The minimum absolute atomic E-state index is 0.146. The summed E-state index contributed by atoms with van der Waals surface area (Å²) in [6, 6.07) is -0.224. The van der Waals surface area contributed by atoms with E-state index in [0.717, 1.165) is 18.8 Å². The Morgan fingerprint density at radius 1 is 1.37 bits per heavy atom. The largest absolute Gasteiger partial charge is 0.480 e. The van der Waals surface area contributed by atoms with Crippen molar-refractivity contribution >= 4 is 12.0 Å². The Bertz CT molecular complexity index is 329. The zero-order valence-electron chi connectivity index (χ0n) is 12.2. The van der Waals surface area contributed by atoms with Crippen molar-refractivity contribution in [2.45, 2.75) is 70.9 Å². The van der Waals surface area contributed by atoms with E-state index in [1.54, 1.807) is 6.92 Å². The molecule has 1 rings (SSSR count). The molecule has 110 valence electrons. The SMILES string of the molecule is CCCC(C)(NC(=O)NC(CC)CC1CC1)C(=O)O. The van der Waals surface area contributed by atoms with E-state index in [-0.39, 0.29) is 12.1 Å². The van der Waals surface area contributed by atoms with E-state index in [1.807, 2.05) is 13.8 Å². The molecule has 1 aliphatic carbocycles. The highest BCUT2D eigenvalue weighted by Crippen LogP contribution is 2.34. The quantitative estimate of drug-likeness (QED) is 0.634. The minimum Gasteiger partial charge on any atom is -0.480 e. The fourth-order valence-electron chi connectivity index (χ4n) is 2.28. The fraction of sp³-hybridized carbons (Fsp3) is 0.857. The molecule has 0 aromatic carbocycles. The number of carbonyl (C=O) groups excluding carboxylic acids is 1. The topological polar surface area (TPSA) is 78.4 Å². The summed E-state index contributed by atoms with van der Waals surface area (Å²) >= 11 is 0. The zero-order valence-corrected chi connectivity index (χ0v) is 12.2. The average Bonchev–Trinajstić information content (AvgIpc) is 3.11. The fourth-order valence-corrected chi connectivity index (χ4v) is 2.28. The molecule has 0 aliphatic heterocycles. The molecule has 5 heteroatoms. The van der Waals surface area contributed by atoms with E-state index in [0.29, 0.717) is 12.8 Å². The summed E-state index contributed by atoms with van der Waals surface area (Å²) in [4.78, 5) is 23.2. The van der Waals surface area contributed by atoms with Crippen LogP contribution in [-0.4, -0.2) is 28.7 Å². The van der Waals surface area contributed by atoms with Crippen LogP contribution in [-0.2, 0) is 4.79 Å². The van der Waals surface area contributed by atoms with Gasteiger partial charge in [-0.3, -0.25) is 0 Å². The van der Waals surface area contributed by atoms with Crippen molar-refractivity contribution in [2.24, 2.45) is 5.92 Å². The monoisotopic (exact) mass is 270 g/mol. The molecule has 0 heterocycles. The van der Waals surface area contributed by atoms with Crippen molar-refractivity contribution in [1.29, 1.82) is 0 Å². The van der Waals surface area contributed by atoms with Gasteiger partial charge in [-0.1, -0.05) is 33.1 Å². The lowest BCUT2D eigenvalue weighted by Crippen LogP contribution is -2.56. The zero-order chi connectivity index (χ0) is 14.5. The Balaban J connectivity index is 2.48. The summed E-state index contributed by atoms with van der Waals surface area (Å²) in [5.41, 5.74) is -1.18. The molecule has 0 aromatic heterocycles. The summed E-state index contributed by atoms with van der Waals surface area (Å²) in [7, 11) is 0. The normalized spacial score (nSPS) is 19.3. The van der Waals surface area contributed by atoms with Crippen LogP contribution in [0.2, 0.25) is 0 Å². The molecule has 0 saturated heterocycles. The lowest BCUT2D eigenvalue weighted by molar-refractivity contribution is -0.144. The first-order valence-corrected chi connectivity index (χ1v) is 7.23. The Kier molecular flexibility index (Phi) is 5.63. The molecule has 0 radical (unpaired) electrons. The molecule has 1 saturated carbocycles. The van der Waals surface area contributed by atoms with Crippen LogP contribution in [0.1, 0.15) is 59.3 Å². The van der Waals surface area contributed by atoms with Crippen LogP contribution in [0.25, 0.3) is 0 Å². The third-order valence-electron chi connectivity index (χ3n) is 3.75. The van der Waals surface area contributed by atoms with Crippen LogP contribution in [0.5, 0.6) is 0 Å². The second kappa shape index (κ2) is 6.78. The number of hydrogen-bond donors (Lipinski definition) is 3. The van der Waals surface area contributed by atoms with Crippen LogP contribution < -0.4 is 10.6 Å². The highest BCUT2D eigenvalue weighted by Gasteiger charge is 2.34. The average molecular weight is 270 g/mol. The van der Waals surface area contributed by atoms with Crippen LogP contribution in [0.4, 0.5) is 4.79 Å². The third-order valence-corrected chi connectivity index (χ3v) is 3.75. The van der Waals surface area contributed by atoms with Gasteiger partial charge in [0.2, 0.25) is 0 Å². The number of carboxylic acids is 1. The first kappa shape index (κ1) is 15.8. The minimum atomic E-state index is -1.18. The van der Waals surface area contributed by atoms with Crippen LogP contribution in [0.15, 0.2) is 0 Å². The van der Waals surface area contributed by atoms with E-state index in [9.17, 15) is 14.7 Å². The third kappa shape index (κ3) is 5.09. The van der Waals surface area contributed by atoms with Crippen LogP contribution in [0.3, 0.4) is 0 Å². The van der Waals surface area contributed by atoms with Crippen molar-refractivity contribution in [2.75, 3.05) is 0 Å². The highest BCUT2D eigenvalue weighted by atomic mass is 16.4. The molecule has 1 aliphatic rings. The lowest BCUT2D eigenvalue weighted by Gasteiger charge is -2.27. The van der Waals surface area contributed by atoms with Gasteiger partial charge >= 0.3 is 12.0 Å². The number of amides is 2. The molecule has 2 atom stereocenters. The van der Waals surface area contributed by atoms with E-state index < -0.39 is 11.5 Å². The number of rotatable bonds is 8. The first-order valence-electron chi connectivity index (χ1n) is 7.23. The second-order valence-corrected chi connectivity index (χ2v) is 5.77. The Morgan fingerprint density at radius 3 is 2.42 bits per heavy atom. The summed E-state index contributed by atoms with van der Waals surface area (Å²) in [6.45, 7) is 5.50. The number of hydrogen-bond acceptors (Lipinski definition) is 2. The number of carbonyl (C=O) groups is 2. The molecule has 1 fully saturated rings. The van der Waals surface area contributed by atoms with Crippen LogP contribution >= 0.6 is 0 Å². The maximum absolute atomic E-state index is 11.9. The molecule has 2 amide bonds. The molecule has 3 N–H and O–H groups in total. The summed E-state index contributed by atoms with van der Waals surface area (Å²) < 4.78 is 0. The Morgan fingerprint density at radius 2 is 2.00 bits per heavy atom. The van der Waals surface area contributed by atoms with Crippen molar-refractivity contribution in [1.82, 2.24) is 10.6 Å². The van der Waals surface area contributed by atoms with E-state index in [2.05, 4.69) is 10.6 Å². The van der Waals surface area contributed by atoms with Gasteiger partial charge in [0.15, 0.2) is 0 Å². The van der Waals surface area contributed by atoms with Gasteiger partial charge in [-0.2, -0.15) is 0 Å². The maximum Gasteiger partial charge on any atom is 0.329 e. The van der Waals surface area contributed by atoms with Gasteiger partial charge in [-0.15, -0.1) is 0 Å². The highest BCUT2D eigenvalue weighted by molar-refractivity contribution is 5.85. The van der Waals surface area contributed by atoms with E-state index in [4.69, 9.17) is 0 Å². The number of aliphatic carboxylic acids is 1. The second-order valence-electron chi connectivity index (χ2n) is 5.77. The molecular weight excluding hydrogens is 244 g/mol. The van der Waals surface area contributed by atoms with Gasteiger partial charge in [0.1, 0.15) is 5.54 Å². The predicted molar refractivity (Wildman–Crippen MR) is 74.0 cm³/mol.